The molecule has 0 aliphatic carbocycles. The van der Waals surface area contributed by atoms with Crippen molar-refractivity contribution in [2.45, 2.75) is 57.8 Å². The van der Waals surface area contributed by atoms with Crippen LogP contribution in [-0.2, 0) is 29.2 Å². The molecule has 6 nitrogen and oxygen atoms in total. The molecule has 0 unspecified atom stereocenters. The van der Waals surface area contributed by atoms with Gasteiger partial charge < -0.3 is 14.5 Å². The Kier molecular flexibility index (Phi) is 8.37. The minimum atomic E-state index is 0.222. The van der Waals surface area contributed by atoms with Crippen molar-refractivity contribution in [2.75, 3.05) is 33.3 Å². The average molecular weight is 440 g/mol. The molecule has 6 heteroatoms. The first-order valence-corrected chi connectivity index (χ1v) is 12.0. The molecule has 1 N–H and O–H groups in total. The van der Waals surface area contributed by atoms with E-state index < -0.39 is 0 Å². The van der Waals surface area contributed by atoms with E-state index in [1.807, 2.05) is 6.07 Å². The Labute approximate surface area is 191 Å². The molecule has 2 aromatic rings. The lowest BCUT2D eigenvalue weighted by Gasteiger charge is -2.31. The van der Waals surface area contributed by atoms with E-state index in [4.69, 9.17) is 9.15 Å². The Morgan fingerprint density at radius 1 is 1.00 bits per heavy atom. The number of hydrogen-bond donors (Lipinski definition) is 1. The average Bonchev–Trinajstić information content (AvgIpc) is 3.43. The van der Waals surface area contributed by atoms with Crippen LogP contribution in [0.5, 0.6) is 0 Å². The van der Waals surface area contributed by atoms with E-state index in [1.165, 1.54) is 5.56 Å². The Hall–Kier alpha value is -2.15. The summed E-state index contributed by atoms with van der Waals surface area (Å²) < 4.78 is 10.9. The number of carbonyl (C=O) groups is 1. The number of amides is 1. The number of furan rings is 1. The van der Waals surface area contributed by atoms with E-state index in [-0.39, 0.29) is 5.91 Å². The van der Waals surface area contributed by atoms with Gasteiger partial charge in [-0.3, -0.25) is 14.6 Å². The predicted octanol–water partition coefficient (Wildman–Crippen LogP) is 3.81. The molecule has 0 bridgehead atoms. The monoisotopic (exact) mass is 439 g/mol. The van der Waals surface area contributed by atoms with Crippen molar-refractivity contribution in [3.05, 3.63) is 59.5 Å². The minimum absolute atomic E-state index is 0.222. The molecule has 1 aromatic carbocycles. The van der Waals surface area contributed by atoms with Crippen LogP contribution in [0, 0.1) is 5.92 Å². The zero-order chi connectivity index (χ0) is 22.2. The van der Waals surface area contributed by atoms with Gasteiger partial charge in [0, 0.05) is 39.2 Å². The van der Waals surface area contributed by atoms with Crippen LogP contribution < -0.4 is 5.32 Å². The number of ether oxygens (including phenoxy) is 1. The molecule has 1 aromatic heterocycles. The maximum absolute atomic E-state index is 12.5. The number of benzene rings is 1. The summed E-state index contributed by atoms with van der Waals surface area (Å²) in [7, 11) is 1.68. The van der Waals surface area contributed by atoms with Crippen LogP contribution in [0.2, 0.25) is 0 Å². The highest BCUT2D eigenvalue weighted by Gasteiger charge is 2.25. The SMILES string of the molecule is COCc1ccc(CN2CCC(CCC(=O)N[C@@H]3CCN(Cc4ccccc4)C3)CC2)o1. The van der Waals surface area contributed by atoms with Crippen molar-refractivity contribution in [1.82, 2.24) is 15.1 Å². The van der Waals surface area contributed by atoms with Crippen molar-refractivity contribution in [1.29, 1.82) is 0 Å². The number of nitrogens with one attached hydrogen (secondary N) is 1. The first-order chi connectivity index (χ1) is 15.7. The molecule has 174 valence electrons. The highest BCUT2D eigenvalue weighted by atomic mass is 16.5. The van der Waals surface area contributed by atoms with Crippen molar-refractivity contribution in [3.8, 4) is 0 Å². The Balaban J connectivity index is 1.10. The molecule has 0 saturated carbocycles. The van der Waals surface area contributed by atoms with Gasteiger partial charge in [-0.15, -0.1) is 0 Å². The predicted molar refractivity (Wildman–Crippen MR) is 125 cm³/mol. The van der Waals surface area contributed by atoms with Gasteiger partial charge >= 0.3 is 0 Å². The lowest BCUT2D eigenvalue weighted by atomic mass is 9.92. The lowest BCUT2D eigenvalue weighted by molar-refractivity contribution is -0.122. The zero-order valence-electron chi connectivity index (χ0n) is 19.3. The number of piperidine rings is 1. The quantitative estimate of drug-likeness (QED) is 0.610. The molecule has 4 rings (SSSR count). The Morgan fingerprint density at radius 3 is 2.53 bits per heavy atom. The minimum Gasteiger partial charge on any atom is -0.462 e. The molecular formula is C26H37N3O3. The largest absolute Gasteiger partial charge is 0.462 e. The molecule has 0 spiro atoms. The van der Waals surface area contributed by atoms with Gasteiger partial charge in [-0.1, -0.05) is 30.3 Å². The maximum atomic E-state index is 12.5. The fourth-order valence-corrected chi connectivity index (χ4v) is 4.95. The second kappa shape index (κ2) is 11.6. The summed E-state index contributed by atoms with van der Waals surface area (Å²) in [5, 5.41) is 3.27. The van der Waals surface area contributed by atoms with Gasteiger partial charge in [0.15, 0.2) is 0 Å². The van der Waals surface area contributed by atoms with E-state index in [0.29, 0.717) is 25.0 Å². The molecule has 32 heavy (non-hydrogen) atoms. The summed E-state index contributed by atoms with van der Waals surface area (Å²) in [6.07, 6.45) is 5.02. The third-order valence-corrected chi connectivity index (χ3v) is 6.76. The van der Waals surface area contributed by atoms with Crippen LogP contribution in [0.1, 0.15) is 49.2 Å². The first-order valence-electron chi connectivity index (χ1n) is 12.0. The molecular weight excluding hydrogens is 402 g/mol. The van der Waals surface area contributed by atoms with Gasteiger partial charge in [0.05, 0.1) is 6.54 Å². The van der Waals surface area contributed by atoms with Crippen LogP contribution in [0.4, 0.5) is 0 Å². The number of nitrogens with zero attached hydrogens (tertiary/aromatic N) is 2. The van der Waals surface area contributed by atoms with E-state index in [1.54, 1.807) is 7.11 Å². The van der Waals surface area contributed by atoms with Gasteiger partial charge in [-0.2, -0.15) is 0 Å². The van der Waals surface area contributed by atoms with Crippen molar-refractivity contribution in [2.24, 2.45) is 5.92 Å². The lowest BCUT2D eigenvalue weighted by Crippen LogP contribution is -2.37. The Morgan fingerprint density at radius 2 is 1.75 bits per heavy atom. The Bertz CT molecular complexity index is 830. The van der Waals surface area contributed by atoms with E-state index >= 15 is 0 Å². The van der Waals surface area contributed by atoms with E-state index in [9.17, 15) is 4.79 Å². The number of methoxy groups -OCH3 is 1. The highest BCUT2D eigenvalue weighted by molar-refractivity contribution is 5.76. The normalized spacial score (nSPS) is 20.6. The first kappa shape index (κ1) is 23.0. The topological polar surface area (TPSA) is 58.0 Å². The van der Waals surface area contributed by atoms with Gasteiger partial charge in [0.1, 0.15) is 18.1 Å². The molecule has 2 saturated heterocycles. The molecule has 0 radical (unpaired) electrons. The summed E-state index contributed by atoms with van der Waals surface area (Å²) in [4.78, 5) is 17.4. The smallest absolute Gasteiger partial charge is 0.220 e. The van der Waals surface area contributed by atoms with Gasteiger partial charge in [-0.25, -0.2) is 0 Å². The van der Waals surface area contributed by atoms with E-state index in [0.717, 1.165) is 76.5 Å². The zero-order valence-corrected chi connectivity index (χ0v) is 19.3. The maximum Gasteiger partial charge on any atom is 0.220 e. The fourth-order valence-electron chi connectivity index (χ4n) is 4.95. The number of hydrogen-bond acceptors (Lipinski definition) is 5. The summed E-state index contributed by atoms with van der Waals surface area (Å²) in [6.45, 7) is 6.51. The van der Waals surface area contributed by atoms with Crippen molar-refractivity contribution in [3.63, 3.8) is 0 Å². The molecule has 2 aliphatic heterocycles. The second-order valence-corrected chi connectivity index (χ2v) is 9.33. The van der Waals surface area contributed by atoms with Crippen molar-refractivity contribution < 1.29 is 13.9 Å². The van der Waals surface area contributed by atoms with Gasteiger partial charge in [0.2, 0.25) is 5.91 Å². The number of likely N-dealkylation sites (tertiary alicyclic amines) is 2. The van der Waals surface area contributed by atoms with Crippen LogP contribution in [-0.4, -0.2) is 55.0 Å². The third-order valence-electron chi connectivity index (χ3n) is 6.76. The standard InChI is InChI=1S/C26H37N3O3/c1-31-20-25-9-8-24(32-25)19-28-14-11-21(12-15-28)7-10-26(30)27-23-13-16-29(18-23)17-22-5-3-2-4-6-22/h2-6,8-9,21,23H,7,10-20H2,1H3,(H,27,30)/t23-/m1/s1. The number of carbonyl (C=O) groups excluding carboxylic acids is 1. The molecule has 1 atom stereocenters. The summed E-state index contributed by atoms with van der Waals surface area (Å²) >= 11 is 0. The van der Waals surface area contributed by atoms with Gasteiger partial charge in [0.25, 0.3) is 0 Å². The highest BCUT2D eigenvalue weighted by Crippen LogP contribution is 2.24. The summed E-state index contributed by atoms with van der Waals surface area (Å²) in [5.41, 5.74) is 1.34. The molecule has 2 fully saturated rings. The number of rotatable bonds is 10. The second-order valence-electron chi connectivity index (χ2n) is 9.33. The van der Waals surface area contributed by atoms with E-state index in [2.05, 4.69) is 51.5 Å². The third kappa shape index (κ3) is 6.92. The molecule has 2 aliphatic rings. The van der Waals surface area contributed by atoms with Crippen LogP contribution in [0.25, 0.3) is 0 Å². The van der Waals surface area contributed by atoms with Crippen molar-refractivity contribution >= 4 is 5.91 Å². The molecule has 1 amide bonds. The van der Waals surface area contributed by atoms with Crippen LogP contribution in [0.15, 0.2) is 46.9 Å². The fraction of sp³-hybridized carbons (Fsp3) is 0.577. The summed E-state index contributed by atoms with van der Waals surface area (Å²) in [5.74, 6) is 2.76. The van der Waals surface area contributed by atoms with Gasteiger partial charge in [-0.05, 0) is 62.4 Å². The summed E-state index contributed by atoms with van der Waals surface area (Å²) in [6, 6.07) is 14.9. The van der Waals surface area contributed by atoms with Crippen LogP contribution in [0.3, 0.4) is 0 Å². The van der Waals surface area contributed by atoms with Crippen LogP contribution >= 0.6 is 0 Å². The molecule has 3 heterocycles.